The molecule has 1 rings (SSSR count). The van der Waals surface area contributed by atoms with Crippen LogP contribution in [0.25, 0.3) is 0 Å². The second-order valence-corrected chi connectivity index (χ2v) is 6.10. The highest BCUT2D eigenvalue weighted by Crippen LogP contribution is 2.42. The Labute approximate surface area is 107 Å². The molecule has 0 saturated carbocycles. The Bertz CT molecular complexity index is 375. The summed E-state index contributed by atoms with van der Waals surface area (Å²) in [5.41, 5.74) is -0.605. The Morgan fingerprint density at radius 3 is 2.39 bits per heavy atom. The van der Waals surface area contributed by atoms with Gasteiger partial charge in [0.05, 0.1) is 12.2 Å². The second kappa shape index (κ2) is 5.53. The summed E-state index contributed by atoms with van der Waals surface area (Å²) in [6.45, 7) is 7.93. The van der Waals surface area contributed by atoms with Gasteiger partial charge in [-0.25, -0.2) is 0 Å². The zero-order valence-corrected chi connectivity index (χ0v) is 11.8. The van der Waals surface area contributed by atoms with E-state index in [0.717, 1.165) is 0 Å². The standard InChI is InChI=1S/C11H21N2O4P/c1-4-7-13-10(14)8-12(9-18(15,16)17)11(13,5-2)6-3/h4H,1,5-9H2,2-3H3,(H2,15,16,17). The van der Waals surface area contributed by atoms with Gasteiger partial charge in [-0.05, 0) is 12.8 Å². The molecular formula is C11H21N2O4P. The number of nitrogens with zero attached hydrogens (tertiary/aromatic N) is 2. The normalized spacial score (nSPS) is 20.4. The van der Waals surface area contributed by atoms with E-state index in [9.17, 15) is 9.36 Å². The molecule has 0 aromatic carbocycles. The van der Waals surface area contributed by atoms with Crippen LogP contribution in [-0.4, -0.2) is 50.5 Å². The number of carbonyl (C=O) groups is 1. The van der Waals surface area contributed by atoms with Gasteiger partial charge in [0.15, 0.2) is 0 Å². The van der Waals surface area contributed by atoms with Gasteiger partial charge in [-0.15, -0.1) is 6.58 Å². The average molecular weight is 276 g/mol. The monoisotopic (exact) mass is 276 g/mol. The van der Waals surface area contributed by atoms with Crippen LogP contribution in [-0.2, 0) is 9.36 Å². The van der Waals surface area contributed by atoms with Crippen molar-refractivity contribution in [1.82, 2.24) is 9.80 Å². The van der Waals surface area contributed by atoms with Crippen LogP contribution >= 0.6 is 7.60 Å². The zero-order valence-electron chi connectivity index (χ0n) is 10.9. The van der Waals surface area contributed by atoms with Gasteiger partial charge in [-0.2, -0.15) is 0 Å². The third-order valence-corrected chi connectivity index (χ3v) is 4.23. The van der Waals surface area contributed by atoms with E-state index in [4.69, 9.17) is 9.79 Å². The van der Waals surface area contributed by atoms with E-state index in [-0.39, 0.29) is 18.7 Å². The van der Waals surface area contributed by atoms with E-state index < -0.39 is 13.3 Å². The van der Waals surface area contributed by atoms with Crippen molar-refractivity contribution < 1.29 is 19.1 Å². The molecule has 18 heavy (non-hydrogen) atoms. The first kappa shape index (κ1) is 15.4. The van der Waals surface area contributed by atoms with Crippen molar-refractivity contribution in [3.05, 3.63) is 12.7 Å². The van der Waals surface area contributed by atoms with E-state index >= 15 is 0 Å². The maximum atomic E-state index is 12.0. The van der Waals surface area contributed by atoms with Gasteiger partial charge >= 0.3 is 7.60 Å². The summed E-state index contributed by atoms with van der Waals surface area (Å²) < 4.78 is 11.2. The van der Waals surface area contributed by atoms with Crippen LogP contribution in [0.3, 0.4) is 0 Å². The highest BCUT2D eigenvalue weighted by Gasteiger charge is 2.49. The minimum absolute atomic E-state index is 0.0562. The summed E-state index contributed by atoms with van der Waals surface area (Å²) in [4.78, 5) is 33.5. The second-order valence-electron chi connectivity index (χ2n) is 4.49. The van der Waals surface area contributed by atoms with Crippen molar-refractivity contribution >= 4 is 13.5 Å². The van der Waals surface area contributed by atoms with Crippen molar-refractivity contribution in [1.29, 1.82) is 0 Å². The lowest BCUT2D eigenvalue weighted by Crippen LogP contribution is -2.53. The lowest BCUT2D eigenvalue weighted by atomic mass is 10.0. The van der Waals surface area contributed by atoms with E-state index in [0.29, 0.717) is 19.4 Å². The average Bonchev–Trinajstić information content (AvgIpc) is 2.51. The molecule has 0 unspecified atom stereocenters. The maximum absolute atomic E-state index is 12.0. The lowest BCUT2D eigenvalue weighted by molar-refractivity contribution is -0.130. The molecule has 0 aliphatic carbocycles. The Morgan fingerprint density at radius 1 is 1.44 bits per heavy atom. The SMILES string of the molecule is C=CCN1C(=O)CN(CP(=O)(O)O)C1(CC)CC. The molecule has 0 aromatic rings. The molecule has 0 bridgehead atoms. The fourth-order valence-corrected chi connectivity index (χ4v) is 3.49. The van der Waals surface area contributed by atoms with Crippen molar-refractivity contribution in [2.45, 2.75) is 32.4 Å². The quantitative estimate of drug-likeness (QED) is 0.558. The first-order chi connectivity index (χ1) is 8.30. The topological polar surface area (TPSA) is 81.1 Å². The van der Waals surface area contributed by atoms with Gasteiger partial charge < -0.3 is 14.7 Å². The van der Waals surface area contributed by atoms with Crippen molar-refractivity contribution in [2.24, 2.45) is 0 Å². The minimum Gasteiger partial charge on any atom is -0.324 e. The van der Waals surface area contributed by atoms with Crippen molar-refractivity contribution in [3.8, 4) is 0 Å². The van der Waals surface area contributed by atoms with Crippen LogP contribution in [0.4, 0.5) is 0 Å². The van der Waals surface area contributed by atoms with Crippen LogP contribution in [0.5, 0.6) is 0 Å². The number of amides is 1. The molecule has 104 valence electrons. The van der Waals surface area contributed by atoms with Crippen molar-refractivity contribution in [2.75, 3.05) is 19.4 Å². The van der Waals surface area contributed by atoms with E-state index in [1.807, 2.05) is 13.8 Å². The van der Waals surface area contributed by atoms with Gasteiger partial charge in [0.1, 0.15) is 6.29 Å². The molecule has 0 aromatic heterocycles. The predicted octanol–water partition coefficient (Wildman–Crippen LogP) is 0.968. The Hall–Kier alpha value is -0.680. The summed E-state index contributed by atoms with van der Waals surface area (Å²) in [5.74, 6) is -0.105. The molecule has 0 spiro atoms. The highest BCUT2D eigenvalue weighted by molar-refractivity contribution is 7.51. The molecule has 1 aliphatic rings. The molecule has 1 saturated heterocycles. The first-order valence-electron chi connectivity index (χ1n) is 6.01. The summed E-state index contributed by atoms with van der Waals surface area (Å²) in [5, 5.41) is 0. The lowest BCUT2D eigenvalue weighted by Gasteiger charge is -2.42. The molecule has 0 radical (unpaired) electrons. The van der Waals surface area contributed by atoms with Crippen LogP contribution in [0.2, 0.25) is 0 Å². The molecule has 2 N–H and O–H groups in total. The highest BCUT2D eigenvalue weighted by atomic mass is 31.2. The van der Waals surface area contributed by atoms with Crippen LogP contribution in [0.1, 0.15) is 26.7 Å². The maximum Gasteiger partial charge on any atom is 0.339 e. The summed E-state index contributed by atoms with van der Waals surface area (Å²) >= 11 is 0. The van der Waals surface area contributed by atoms with E-state index in [2.05, 4.69) is 6.58 Å². The van der Waals surface area contributed by atoms with Crippen molar-refractivity contribution in [3.63, 3.8) is 0 Å². The smallest absolute Gasteiger partial charge is 0.324 e. The Balaban J connectivity index is 3.08. The summed E-state index contributed by atoms with van der Waals surface area (Å²) in [7, 11) is -4.17. The molecule has 1 fully saturated rings. The Kier molecular flexibility index (Phi) is 4.72. The molecule has 7 heteroatoms. The van der Waals surface area contributed by atoms with Gasteiger partial charge in [0.25, 0.3) is 0 Å². The Morgan fingerprint density at radius 2 is 2.00 bits per heavy atom. The van der Waals surface area contributed by atoms with E-state index in [1.165, 1.54) is 0 Å². The zero-order chi connectivity index (χ0) is 14.0. The van der Waals surface area contributed by atoms with Crippen LogP contribution < -0.4 is 0 Å². The molecule has 1 aliphatic heterocycles. The largest absolute Gasteiger partial charge is 0.339 e. The molecule has 1 amide bonds. The molecule has 1 heterocycles. The minimum atomic E-state index is -4.17. The fraction of sp³-hybridized carbons (Fsp3) is 0.727. The molecular weight excluding hydrogens is 255 g/mol. The van der Waals surface area contributed by atoms with E-state index in [1.54, 1.807) is 15.9 Å². The van der Waals surface area contributed by atoms with Gasteiger partial charge in [0, 0.05) is 6.54 Å². The number of rotatable bonds is 6. The van der Waals surface area contributed by atoms with Crippen LogP contribution in [0, 0.1) is 0 Å². The predicted molar refractivity (Wildman–Crippen MR) is 68.8 cm³/mol. The van der Waals surface area contributed by atoms with Gasteiger partial charge in [-0.3, -0.25) is 14.3 Å². The summed E-state index contributed by atoms with van der Waals surface area (Å²) in [6, 6.07) is 0. The number of carbonyl (C=O) groups excluding carboxylic acids is 1. The van der Waals surface area contributed by atoms with Gasteiger partial charge in [-0.1, -0.05) is 19.9 Å². The fourth-order valence-electron chi connectivity index (χ4n) is 2.68. The number of hydrogen-bond donors (Lipinski definition) is 2. The number of hydrogen-bond acceptors (Lipinski definition) is 3. The third-order valence-electron chi connectivity index (χ3n) is 3.52. The third kappa shape index (κ3) is 2.83. The van der Waals surface area contributed by atoms with Gasteiger partial charge in [0.2, 0.25) is 5.91 Å². The van der Waals surface area contributed by atoms with Crippen LogP contribution in [0.15, 0.2) is 12.7 Å². The first-order valence-corrected chi connectivity index (χ1v) is 7.81. The molecule has 0 atom stereocenters. The molecule has 6 nitrogen and oxygen atoms in total. The summed E-state index contributed by atoms with van der Waals surface area (Å²) in [6.07, 6.45) is 2.51.